The highest BCUT2D eigenvalue weighted by atomic mass is 16.3. The molecule has 1 aliphatic carbocycles. The molecule has 2 fully saturated rings. The Balaban J connectivity index is 1.59. The minimum Gasteiger partial charge on any atom is -0.466 e. The summed E-state index contributed by atoms with van der Waals surface area (Å²) in [6.45, 7) is 2.43. The normalized spacial score (nSPS) is 26.5. The van der Waals surface area contributed by atoms with E-state index in [2.05, 4.69) is 0 Å². The summed E-state index contributed by atoms with van der Waals surface area (Å²) < 4.78 is 5.54. The van der Waals surface area contributed by atoms with Crippen molar-refractivity contribution in [3.8, 4) is 0 Å². The summed E-state index contributed by atoms with van der Waals surface area (Å²) in [6.07, 6.45) is 7.81. The van der Waals surface area contributed by atoms with Crippen molar-refractivity contribution < 1.29 is 14.3 Å². The van der Waals surface area contributed by atoms with Crippen molar-refractivity contribution in [3.63, 3.8) is 0 Å². The Labute approximate surface area is 132 Å². The number of hydrogen-bond acceptors (Lipinski definition) is 3. The number of amides is 1. The number of carbonyl (C=O) groups excluding carboxylic acids is 1. The van der Waals surface area contributed by atoms with E-state index in [1.807, 2.05) is 24.0 Å². The number of β-amino-alcohol motifs (C(OH)–C–C–N with tert-alkyl or cyclic N) is 1. The fourth-order valence-electron chi connectivity index (χ4n) is 4.09. The lowest BCUT2D eigenvalue weighted by atomic mass is 9.82. The van der Waals surface area contributed by atoms with Crippen LogP contribution < -0.4 is 0 Å². The largest absolute Gasteiger partial charge is 0.466 e. The molecule has 4 nitrogen and oxygen atoms in total. The summed E-state index contributed by atoms with van der Waals surface area (Å²) >= 11 is 0. The molecular weight excluding hydrogens is 278 g/mol. The van der Waals surface area contributed by atoms with Crippen LogP contribution in [-0.2, 0) is 11.2 Å². The van der Waals surface area contributed by atoms with Gasteiger partial charge < -0.3 is 14.4 Å². The summed E-state index contributed by atoms with van der Waals surface area (Å²) in [7, 11) is 0. The van der Waals surface area contributed by atoms with Crippen molar-refractivity contribution in [2.75, 3.05) is 6.54 Å². The average Bonchev–Trinajstić information content (AvgIpc) is 3.11. The van der Waals surface area contributed by atoms with Gasteiger partial charge in [-0.25, -0.2) is 0 Å². The number of nitrogens with zero attached hydrogens (tertiary/aromatic N) is 1. The highest BCUT2D eigenvalue weighted by molar-refractivity contribution is 5.77. The van der Waals surface area contributed by atoms with Gasteiger partial charge in [-0.1, -0.05) is 19.3 Å². The van der Waals surface area contributed by atoms with E-state index >= 15 is 0 Å². The van der Waals surface area contributed by atoms with E-state index in [0.717, 1.165) is 17.9 Å². The second-order valence-corrected chi connectivity index (χ2v) is 6.91. The lowest BCUT2D eigenvalue weighted by Crippen LogP contribution is -2.41. The van der Waals surface area contributed by atoms with E-state index in [1.54, 1.807) is 0 Å². The minimum atomic E-state index is -0.346. The first-order valence-corrected chi connectivity index (χ1v) is 8.66. The third-order valence-electron chi connectivity index (χ3n) is 5.22. The monoisotopic (exact) mass is 305 g/mol. The zero-order chi connectivity index (χ0) is 15.5. The molecule has 22 heavy (non-hydrogen) atoms. The number of aryl methyl sites for hydroxylation is 2. The van der Waals surface area contributed by atoms with Crippen molar-refractivity contribution in [2.24, 2.45) is 5.92 Å². The van der Waals surface area contributed by atoms with Crippen molar-refractivity contribution >= 4 is 5.91 Å². The summed E-state index contributed by atoms with van der Waals surface area (Å²) in [5, 5.41) is 10.0. The van der Waals surface area contributed by atoms with Crippen LogP contribution in [0.2, 0.25) is 0 Å². The Morgan fingerprint density at radius 3 is 2.77 bits per heavy atom. The van der Waals surface area contributed by atoms with Gasteiger partial charge in [0.25, 0.3) is 0 Å². The Hall–Kier alpha value is -1.29. The number of aliphatic hydroxyl groups excluding tert-OH is 1. The maximum absolute atomic E-state index is 12.6. The molecule has 3 rings (SSSR count). The number of rotatable bonds is 4. The summed E-state index contributed by atoms with van der Waals surface area (Å²) in [6, 6.07) is 4.13. The minimum absolute atomic E-state index is 0.168. The summed E-state index contributed by atoms with van der Waals surface area (Å²) in [5.41, 5.74) is 0. The number of carbonyl (C=O) groups is 1. The molecule has 1 aromatic heterocycles. The maximum atomic E-state index is 12.6. The molecule has 122 valence electrons. The van der Waals surface area contributed by atoms with Gasteiger partial charge in [-0.05, 0) is 44.2 Å². The highest BCUT2D eigenvalue weighted by Gasteiger charge is 2.38. The van der Waals surface area contributed by atoms with Crippen LogP contribution in [0, 0.1) is 12.8 Å². The third-order valence-corrected chi connectivity index (χ3v) is 5.22. The smallest absolute Gasteiger partial charge is 0.223 e. The molecule has 1 amide bonds. The van der Waals surface area contributed by atoms with E-state index in [0.29, 0.717) is 25.3 Å². The molecular formula is C18H27NO3. The summed E-state index contributed by atoms with van der Waals surface area (Å²) in [4.78, 5) is 14.6. The molecule has 4 heteroatoms. The summed E-state index contributed by atoms with van der Waals surface area (Å²) in [5.74, 6) is 2.51. The van der Waals surface area contributed by atoms with Crippen molar-refractivity contribution in [1.29, 1.82) is 0 Å². The van der Waals surface area contributed by atoms with Gasteiger partial charge >= 0.3 is 0 Å². The molecule has 1 aromatic rings. The SMILES string of the molecule is Cc1ccc(CCC(=O)N2C[C@@H](O)C[C@@H]2C2CCCCC2)o1. The van der Waals surface area contributed by atoms with E-state index in [1.165, 1.54) is 32.1 Å². The number of furan rings is 1. The van der Waals surface area contributed by atoms with E-state index in [-0.39, 0.29) is 18.1 Å². The first kappa shape index (κ1) is 15.6. The maximum Gasteiger partial charge on any atom is 0.223 e. The number of likely N-dealkylation sites (tertiary alicyclic amines) is 1. The molecule has 1 saturated carbocycles. The Morgan fingerprint density at radius 1 is 1.32 bits per heavy atom. The molecule has 0 unspecified atom stereocenters. The average molecular weight is 305 g/mol. The number of aliphatic hydroxyl groups is 1. The van der Waals surface area contributed by atoms with Gasteiger partial charge in [0.2, 0.25) is 5.91 Å². The van der Waals surface area contributed by atoms with Crippen molar-refractivity contribution in [1.82, 2.24) is 4.90 Å². The van der Waals surface area contributed by atoms with Gasteiger partial charge in [0, 0.05) is 25.4 Å². The van der Waals surface area contributed by atoms with Crippen LogP contribution >= 0.6 is 0 Å². The molecule has 2 atom stereocenters. The molecule has 0 radical (unpaired) electrons. The standard InChI is InChI=1S/C18H27NO3/c1-13-7-8-16(22-13)9-10-18(21)19-12-15(20)11-17(19)14-5-3-2-4-6-14/h7-8,14-15,17,20H,2-6,9-12H2,1H3/t15-,17+/m0/s1. The lowest BCUT2D eigenvalue weighted by molar-refractivity contribution is -0.133. The van der Waals surface area contributed by atoms with Crippen LogP contribution in [-0.4, -0.2) is 34.6 Å². The van der Waals surface area contributed by atoms with Gasteiger partial charge in [-0.15, -0.1) is 0 Å². The van der Waals surface area contributed by atoms with Crippen LogP contribution in [0.3, 0.4) is 0 Å². The zero-order valence-corrected chi connectivity index (χ0v) is 13.5. The predicted octanol–water partition coefficient (Wildman–Crippen LogP) is 3.06. The van der Waals surface area contributed by atoms with Crippen LogP contribution in [0.5, 0.6) is 0 Å². The fourth-order valence-corrected chi connectivity index (χ4v) is 4.09. The molecule has 2 heterocycles. The number of hydrogen-bond donors (Lipinski definition) is 1. The molecule has 0 aromatic carbocycles. The Kier molecular flexibility index (Phi) is 4.87. The van der Waals surface area contributed by atoms with Gasteiger partial charge in [0.15, 0.2) is 0 Å². The first-order valence-electron chi connectivity index (χ1n) is 8.66. The van der Waals surface area contributed by atoms with Gasteiger partial charge in [0.1, 0.15) is 11.5 Å². The van der Waals surface area contributed by atoms with Crippen LogP contribution in [0.25, 0.3) is 0 Å². The molecule has 1 saturated heterocycles. The van der Waals surface area contributed by atoms with E-state index < -0.39 is 0 Å². The fraction of sp³-hybridized carbons (Fsp3) is 0.722. The highest BCUT2D eigenvalue weighted by Crippen LogP contribution is 2.34. The molecule has 0 spiro atoms. The second-order valence-electron chi connectivity index (χ2n) is 6.91. The second kappa shape index (κ2) is 6.86. The zero-order valence-electron chi connectivity index (χ0n) is 13.5. The van der Waals surface area contributed by atoms with Gasteiger partial charge in [-0.3, -0.25) is 4.79 Å². The molecule has 1 aliphatic heterocycles. The van der Waals surface area contributed by atoms with Crippen LogP contribution in [0.4, 0.5) is 0 Å². The van der Waals surface area contributed by atoms with Gasteiger partial charge in [-0.2, -0.15) is 0 Å². The quantitative estimate of drug-likeness (QED) is 0.930. The van der Waals surface area contributed by atoms with E-state index in [4.69, 9.17) is 4.42 Å². The predicted molar refractivity (Wildman–Crippen MR) is 84.5 cm³/mol. The Bertz CT molecular complexity index is 504. The third kappa shape index (κ3) is 3.54. The Morgan fingerprint density at radius 2 is 2.09 bits per heavy atom. The molecule has 0 bridgehead atoms. The van der Waals surface area contributed by atoms with Gasteiger partial charge in [0.05, 0.1) is 6.10 Å². The van der Waals surface area contributed by atoms with Crippen LogP contribution in [0.15, 0.2) is 16.5 Å². The van der Waals surface area contributed by atoms with Crippen molar-refractivity contribution in [3.05, 3.63) is 23.7 Å². The molecule has 2 aliphatic rings. The topological polar surface area (TPSA) is 53.7 Å². The molecule has 1 N–H and O–H groups in total. The van der Waals surface area contributed by atoms with Crippen molar-refractivity contribution in [2.45, 2.75) is 70.4 Å². The van der Waals surface area contributed by atoms with Crippen LogP contribution in [0.1, 0.15) is 56.5 Å². The lowest BCUT2D eigenvalue weighted by Gasteiger charge is -2.33. The van der Waals surface area contributed by atoms with E-state index in [9.17, 15) is 9.90 Å². The first-order chi connectivity index (χ1) is 10.6.